The molecule has 0 aliphatic rings. The van der Waals surface area contributed by atoms with E-state index in [0.29, 0.717) is 0 Å². The number of hydrogen-bond donors (Lipinski definition) is 2. The van der Waals surface area contributed by atoms with Crippen molar-refractivity contribution in [3.8, 4) is 5.75 Å². The molecule has 6 aromatic rings. The highest BCUT2D eigenvalue weighted by atomic mass is 33.1. The van der Waals surface area contributed by atoms with Crippen molar-refractivity contribution in [3.63, 3.8) is 0 Å². The molecule has 1 aromatic heterocycles. The van der Waals surface area contributed by atoms with Crippen molar-refractivity contribution in [3.05, 3.63) is 163 Å². The van der Waals surface area contributed by atoms with Crippen LogP contribution in [0.2, 0.25) is 0 Å². The largest absolute Gasteiger partial charge is 0.506 e. The van der Waals surface area contributed by atoms with E-state index in [9.17, 15) is 13.5 Å². The zero-order valence-corrected chi connectivity index (χ0v) is 28.1. The van der Waals surface area contributed by atoms with Crippen LogP contribution in [0.5, 0.6) is 5.75 Å². The Morgan fingerprint density at radius 2 is 1.00 bits per heavy atom. The Bertz CT molecular complexity index is 1750. The van der Waals surface area contributed by atoms with Crippen LogP contribution in [-0.4, -0.2) is 23.1 Å². The summed E-state index contributed by atoms with van der Waals surface area (Å²) < 4.78 is 30.9. The molecule has 230 valence electrons. The van der Waals surface area contributed by atoms with Gasteiger partial charge in [0.1, 0.15) is 16.2 Å². The molecule has 0 spiro atoms. The summed E-state index contributed by atoms with van der Waals surface area (Å²) in [4.78, 5) is 6.15. The Kier molecular flexibility index (Phi) is 14.2. The number of benzene rings is 5. The van der Waals surface area contributed by atoms with Gasteiger partial charge in [-0.25, -0.2) is 0 Å². The second-order valence-corrected chi connectivity index (χ2v) is 15.4. The Labute approximate surface area is 280 Å². The van der Waals surface area contributed by atoms with E-state index in [2.05, 4.69) is 114 Å². The second kappa shape index (κ2) is 18.6. The van der Waals surface area contributed by atoms with E-state index < -0.39 is 10.1 Å². The lowest BCUT2D eigenvalue weighted by Gasteiger charge is -2.03. The van der Waals surface area contributed by atoms with Crippen molar-refractivity contribution in [1.82, 2.24) is 4.98 Å². The Morgan fingerprint density at radius 3 is 1.44 bits per heavy atom. The summed E-state index contributed by atoms with van der Waals surface area (Å²) in [5, 5.41) is 9.62. The fourth-order valence-electron chi connectivity index (χ4n) is 3.77. The summed E-state index contributed by atoms with van der Waals surface area (Å²) in [6.45, 7) is 0. The van der Waals surface area contributed by atoms with Crippen LogP contribution in [0, 0.1) is 0 Å². The first-order chi connectivity index (χ1) is 21.9. The minimum absolute atomic E-state index is 0.127. The number of pyridine rings is 1. The molecule has 0 aliphatic heterocycles. The van der Waals surface area contributed by atoms with Gasteiger partial charge in [0.05, 0.1) is 0 Å². The molecule has 2 N–H and O–H groups in total. The maximum Gasteiger partial charge on any atom is 0.295 e. The molecular weight excluding hydrogens is 659 g/mol. The van der Waals surface area contributed by atoms with Gasteiger partial charge in [0, 0.05) is 32.9 Å². The van der Waals surface area contributed by atoms with Crippen LogP contribution >= 0.6 is 43.2 Å². The molecule has 0 radical (unpaired) electrons. The van der Waals surface area contributed by atoms with Crippen molar-refractivity contribution in [2.45, 2.75) is 26.2 Å². The van der Waals surface area contributed by atoms with Gasteiger partial charge in [0.2, 0.25) is 0 Å². The third kappa shape index (κ3) is 12.1. The van der Waals surface area contributed by atoms with Gasteiger partial charge in [0.15, 0.2) is 0 Å². The minimum Gasteiger partial charge on any atom is -0.506 e. The molecule has 0 saturated heterocycles. The number of rotatable bonds is 9. The van der Waals surface area contributed by atoms with Crippen LogP contribution in [0.1, 0.15) is 11.1 Å². The number of phenols is 1. The fourth-order valence-corrected chi connectivity index (χ4v) is 8.57. The first-order valence-electron chi connectivity index (χ1n) is 13.7. The maximum atomic E-state index is 11.0. The number of aromatic hydroxyl groups is 1. The predicted octanol–water partition coefficient (Wildman–Crippen LogP) is 10.4. The van der Waals surface area contributed by atoms with Crippen molar-refractivity contribution < 1.29 is 18.1 Å². The van der Waals surface area contributed by atoms with Gasteiger partial charge in [-0.2, -0.15) is 8.42 Å². The summed E-state index contributed by atoms with van der Waals surface area (Å²) in [6.07, 6.45) is 1.43. The quantitative estimate of drug-likeness (QED) is 0.0875. The summed E-state index contributed by atoms with van der Waals surface area (Å²) in [5.41, 5.74) is 2.94. The number of nitrogens with zero attached hydrogens (tertiary/aromatic N) is 1. The van der Waals surface area contributed by atoms with Crippen LogP contribution < -0.4 is 0 Å². The normalized spacial score (nSPS) is 10.7. The predicted molar refractivity (Wildman–Crippen MR) is 193 cm³/mol. The number of hydrogen-bond acceptors (Lipinski definition) is 8. The van der Waals surface area contributed by atoms with Crippen LogP contribution in [-0.2, 0) is 21.6 Å². The lowest BCUT2D eigenvalue weighted by molar-refractivity contribution is 0.478. The van der Waals surface area contributed by atoms with E-state index in [1.165, 1.54) is 45.3 Å². The highest BCUT2D eigenvalue weighted by Crippen LogP contribution is 2.36. The Hall–Kier alpha value is -3.38. The minimum atomic E-state index is -4.30. The molecule has 0 saturated carbocycles. The summed E-state index contributed by atoms with van der Waals surface area (Å²) >= 11 is 0. The van der Waals surface area contributed by atoms with E-state index in [4.69, 9.17) is 4.55 Å². The zero-order chi connectivity index (χ0) is 31.7. The van der Waals surface area contributed by atoms with E-state index in [-0.39, 0.29) is 21.5 Å². The molecule has 0 atom stereocenters. The topological polar surface area (TPSA) is 87.5 Å². The SMILES string of the molecule is O=S(=O)(O)c1ccc(O)c2ncccc12.c1ccc(CSSCc2ccccc2)cc1.c1ccc(SSc2ccccc2)cc1. The van der Waals surface area contributed by atoms with Gasteiger partial charge in [-0.3, -0.25) is 9.54 Å². The molecule has 10 heteroatoms. The van der Waals surface area contributed by atoms with E-state index in [1.807, 2.05) is 33.7 Å². The number of phenolic OH excluding ortho intramolecular Hbond substituents is 1. The van der Waals surface area contributed by atoms with Crippen LogP contribution in [0.25, 0.3) is 10.9 Å². The van der Waals surface area contributed by atoms with Crippen LogP contribution in [0.15, 0.2) is 166 Å². The molecule has 0 bridgehead atoms. The van der Waals surface area contributed by atoms with Crippen molar-refractivity contribution in [2.24, 2.45) is 0 Å². The molecule has 0 amide bonds. The molecule has 6 rings (SSSR count). The molecule has 5 nitrogen and oxygen atoms in total. The molecular formula is C35H31NO4S5. The van der Waals surface area contributed by atoms with Crippen molar-refractivity contribution >= 4 is 64.2 Å². The van der Waals surface area contributed by atoms with Gasteiger partial charge in [0.25, 0.3) is 10.1 Å². The molecule has 45 heavy (non-hydrogen) atoms. The van der Waals surface area contributed by atoms with Gasteiger partial charge in [-0.15, -0.1) is 0 Å². The van der Waals surface area contributed by atoms with Crippen molar-refractivity contribution in [1.29, 1.82) is 0 Å². The van der Waals surface area contributed by atoms with E-state index in [1.54, 1.807) is 21.6 Å². The van der Waals surface area contributed by atoms with Crippen LogP contribution in [0.3, 0.4) is 0 Å². The van der Waals surface area contributed by atoms with Crippen LogP contribution in [0.4, 0.5) is 0 Å². The second-order valence-electron chi connectivity index (χ2n) is 9.25. The Balaban J connectivity index is 0.000000154. The third-order valence-electron chi connectivity index (χ3n) is 5.93. The summed E-state index contributed by atoms with van der Waals surface area (Å²) in [7, 11) is 3.12. The first-order valence-corrected chi connectivity index (χ1v) is 19.8. The molecule has 0 fully saturated rings. The van der Waals surface area contributed by atoms with Gasteiger partial charge in [-0.05, 0) is 59.7 Å². The zero-order valence-electron chi connectivity index (χ0n) is 24.0. The third-order valence-corrected chi connectivity index (χ3v) is 11.5. The molecule has 0 aliphatic carbocycles. The lowest BCUT2D eigenvalue weighted by atomic mass is 10.2. The lowest BCUT2D eigenvalue weighted by Crippen LogP contribution is -1.99. The number of aromatic nitrogens is 1. The van der Waals surface area contributed by atoms with E-state index in [0.717, 1.165) is 17.6 Å². The van der Waals surface area contributed by atoms with Crippen molar-refractivity contribution in [2.75, 3.05) is 0 Å². The summed E-state index contributed by atoms with van der Waals surface area (Å²) in [6, 6.07) is 47.3. The van der Waals surface area contributed by atoms with Gasteiger partial charge >= 0.3 is 0 Å². The fraction of sp³-hybridized carbons (Fsp3) is 0.0571. The monoisotopic (exact) mass is 689 g/mol. The maximum absolute atomic E-state index is 11.0. The smallest absolute Gasteiger partial charge is 0.295 e. The molecule has 0 unspecified atom stereocenters. The van der Waals surface area contributed by atoms with E-state index >= 15 is 0 Å². The molecule has 5 aromatic carbocycles. The van der Waals surface area contributed by atoms with Gasteiger partial charge in [-0.1, -0.05) is 140 Å². The Morgan fingerprint density at radius 1 is 0.556 bits per heavy atom. The molecule has 1 heterocycles. The average molecular weight is 690 g/mol. The van der Waals surface area contributed by atoms with Gasteiger partial charge < -0.3 is 5.11 Å². The first kappa shape index (κ1) is 34.5. The highest BCUT2D eigenvalue weighted by molar-refractivity contribution is 8.76. The standard InChI is InChI=1S/C14H14S2.C12H10S2.C9H7NO4S/c1-3-7-13(8-4-1)11-15-16-12-14-9-5-2-6-10-14;1-3-7-11(8-4-1)13-14-12-9-5-2-6-10-12;11-7-3-4-8(15(12,13)14)6-2-1-5-10-9(6)7/h1-10H,11-12H2;1-10H;1-5,11H,(H,12,13,14). The summed E-state index contributed by atoms with van der Waals surface area (Å²) in [5.74, 6) is 2.04. The average Bonchev–Trinajstić information content (AvgIpc) is 3.08. The highest BCUT2D eigenvalue weighted by Gasteiger charge is 2.15. The number of fused-ring (bicyclic) bond motifs is 1.